The van der Waals surface area contributed by atoms with Crippen LogP contribution in [0.4, 0.5) is 5.69 Å². The lowest BCUT2D eigenvalue weighted by Gasteiger charge is -2.27. The van der Waals surface area contributed by atoms with E-state index >= 15 is 0 Å². The van der Waals surface area contributed by atoms with E-state index in [1.807, 2.05) is 7.05 Å². The van der Waals surface area contributed by atoms with Gasteiger partial charge in [-0.15, -0.1) is 0 Å². The van der Waals surface area contributed by atoms with Gasteiger partial charge in [0.25, 0.3) is 0 Å². The maximum Gasteiger partial charge on any atom is 0.0377 e. The van der Waals surface area contributed by atoms with Crippen LogP contribution in [-0.2, 0) is 6.54 Å². The average Bonchev–Trinajstić information content (AvgIpc) is 2.84. The Morgan fingerprint density at radius 1 is 1.35 bits per heavy atom. The molecule has 1 aromatic carbocycles. The first-order valence-electron chi connectivity index (χ1n) is 6.38. The summed E-state index contributed by atoms with van der Waals surface area (Å²) < 4.78 is 1.20. The van der Waals surface area contributed by atoms with Gasteiger partial charge in [0.15, 0.2) is 0 Å². The molecule has 3 heteroatoms. The van der Waals surface area contributed by atoms with Crippen molar-refractivity contribution in [2.75, 3.05) is 19.0 Å². The average molecular weight is 297 g/mol. The minimum Gasteiger partial charge on any atom is -0.372 e. The first-order valence-corrected chi connectivity index (χ1v) is 7.17. The van der Waals surface area contributed by atoms with E-state index in [1.165, 1.54) is 41.4 Å². The fourth-order valence-corrected chi connectivity index (χ4v) is 3.10. The molecule has 0 bridgehead atoms. The molecule has 0 atom stereocenters. The number of rotatable bonds is 4. The minimum absolute atomic E-state index is 0.733. The second kappa shape index (κ2) is 5.87. The summed E-state index contributed by atoms with van der Waals surface area (Å²) in [6.45, 7) is 0.911. The van der Waals surface area contributed by atoms with Crippen LogP contribution in [0, 0.1) is 0 Å². The summed E-state index contributed by atoms with van der Waals surface area (Å²) in [5.41, 5.74) is 2.64. The lowest BCUT2D eigenvalue weighted by Crippen LogP contribution is -2.28. The van der Waals surface area contributed by atoms with Crippen LogP contribution in [0.3, 0.4) is 0 Å². The number of benzene rings is 1. The standard InChI is InChI=1S/C14H21BrN2/c1-16-10-11-7-8-13(9-14(11)15)17(2)12-5-3-4-6-12/h7-9,12,16H,3-6,10H2,1-2H3. The zero-order valence-corrected chi connectivity index (χ0v) is 12.3. The molecule has 1 aliphatic rings. The first kappa shape index (κ1) is 12.9. The second-order valence-corrected chi connectivity index (χ2v) is 5.71. The molecular formula is C14H21BrN2. The fourth-order valence-electron chi connectivity index (χ4n) is 2.59. The third-order valence-electron chi connectivity index (χ3n) is 3.68. The van der Waals surface area contributed by atoms with E-state index in [4.69, 9.17) is 0 Å². The highest BCUT2D eigenvalue weighted by Gasteiger charge is 2.20. The molecule has 0 saturated heterocycles. The number of hydrogen-bond donors (Lipinski definition) is 1. The van der Waals surface area contributed by atoms with Crippen LogP contribution in [0.25, 0.3) is 0 Å². The Bertz CT molecular complexity index is 372. The number of halogens is 1. The van der Waals surface area contributed by atoms with Crippen molar-refractivity contribution in [2.45, 2.75) is 38.3 Å². The summed E-state index contributed by atoms with van der Waals surface area (Å²) in [7, 11) is 4.19. The monoisotopic (exact) mass is 296 g/mol. The zero-order valence-electron chi connectivity index (χ0n) is 10.7. The minimum atomic E-state index is 0.733. The van der Waals surface area contributed by atoms with Gasteiger partial charge in [0.05, 0.1) is 0 Å². The SMILES string of the molecule is CNCc1ccc(N(C)C2CCCC2)cc1Br. The third-order valence-corrected chi connectivity index (χ3v) is 4.42. The summed E-state index contributed by atoms with van der Waals surface area (Å²) in [6, 6.07) is 7.42. The van der Waals surface area contributed by atoms with Crippen LogP contribution in [0.1, 0.15) is 31.2 Å². The maximum absolute atomic E-state index is 3.66. The van der Waals surface area contributed by atoms with Gasteiger partial charge in [0, 0.05) is 29.8 Å². The maximum atomic E-state index is 3.66. The lowest BCUT2D eigenvalue weighted by molar-refractivity contribution is 0.653. The van der Waals surface area contributed by atoms with E-state index < -0.39 is 0 Å². The van der Waals surface area contributed by atoms with Crippen molar-refractivity contribution in [1.82, 2.24) is 5.32 Å². The van der Waals surface area contributed by atoms with Gasteiger partial charge in [-0.2, -0.15) is 0 Å². The van der Waals surface area contributed by atoms with Crippen molar-refractivity contribution in [3.05, 3.63) is 28.2 Å². The molecule has 17 heavy (non-hydrogen) atoms. The van der Waals surface area contributed by atoms with Crippen LogP contribution in [0.15, 0.2) is 22.7 Å². The highest BCUT2D eigenvalue weighted by atomic mass is 79.9. The Labute approximate surface area is 113 Å². The molecule has 2 rings (SSSR count). The lowest BCUT2D eigenvalue weighted by atomic mass is 10.1. The summed E-state index contributed by atoms with van der Waals surface area (Å²) >= 11 is 3.66. The molecule has 1 N–H and O–H groups in total. The first-order chi connectivity index (χ1) is 8.22. The van der Waals surface area contributed by atoms with E-state index in [0.29, 0.717) is 0 Å². The van der Waals surface area contributed by atoms with E-state index in [2.05, 4.69) is 51.4 Å². The molecule has 2 nitrogen and oxygen atoms in total. The molecule has 0 spiro atoms. The van der Waals surface area contributed by atoms with Gasteiger partial charge in [0.2, 0.25) is 0 Å². The van der Waals surface area contributed by atoms with Crippen LogP contribution in [-0.4, -0.2) is 20.1 Å². The molecule has 0 aliphatic heterocycles. The van der Waals surface area contributed by atoms with Crippen LogP contribution >= 0.6 is 15.9 Å². The molecule has 1 fully saturated rings. The van der Waals surface area contributed by atoms with Crippen LogP contribution in [0.2, 0.25) is 0 Å². The molecule has 1 aliphatic carbocycles. The van der Waals surface area contributed by atoms with Gasteiger partial charge in [-0.05, 0) is 37.6 Å². The largest absolute Gasteiger partial charge is 0.372 e. The van der Waals surface area contributed by atoms with Gasteiger partial charge >= 0.3 is 0 Å². The van der Waals surface area contributed by atoms with Crippen molar-refractivity contribution in [3.8, 4) is 0 Å². The molecule has 1 aromatic rings. The highest BCUT2D eigenvalue weighted by Crippen LogP contribution is 2.29. The summed E-state index contributed by atoms with van der Waals surface area (Å²) in [5.74, 6) is 0. The summed E-state index contributed by atoms with van der Waals surface area (Å²) in [6.07, 6.45) is 5.45. The Balaban J connectivity index is 2.12. The molecule has 0 amide bonds. The molecule has 94 valence electrons. The van der Waals surface area contributed by atoms with Gasteiger partial charge in [-0.3, -0.25) is 0 Å². The normalized spacial score (nSPS) is 16.4. The Hall–Kier alpha value is -0.540. The predicted octanol–water partition coefficient (Wildman–Crippen LogP) is 3.55. The van der Waals surface area contributed by atoms with Crippen molar-refractivity contribution >= 4 is 21.6 Å². The van der Waals surface area contributed by atoms with E-state index in [9.17, 15) is 0 Å². The van der Waals surface area contributed by atoms with Crippen molar-refractivity contribution in [3.63, 3.8) is 0 Å². The number of nitrogens with zero attached hydrogens (tertiary/aromatic N) is 1. The van der Waals surface area contributed by atoms with Gasteiger partial charge in [-0.1, -0.05) is 34.8 Å². The molecule has 1 saturated carbocycles. The Morgan fingerprint density at radius 2 is 2.06 bits per heavy atom. The number of anilines is 1. The highest BCUT2D eigenvalue weighted by molar-refractivity contribution is 9.10. The van der Waals surface area contributed by atoms with Gasteiger partial charge in [0.1, 0.15) is 0 Å². The second-order valence-electron chi connectivity index (χ2n) is 4.86. The van der Waals surface area contributed by atoms with Crippen LogP contribution < -0.4 is 10.2 Å². The van der Waals surface area contributed by atoms with E-state index in [-0.39, 0.29) is 0 Å². The van der Waals surface area contributed by atoms with Crippen LogP contribution in [0.5, 0.6) is 0 Å². The summed E-state index contributed by atoms with van der Waals surface area (Å²) in [5, 5.41) is 3.19. The molecule has 0 heterocycles. The topological polar surface area (TPSA) is 15.3 Å². The Kier molecular flexibility index (Phi) is 4.46. The van der Waals surface area contributed by atoms with E-state index in [0.717, 1.165) is 12.6 Å². The third kappa shape index (κ3) is 3.02. The molecular weight excluding hydrogens is 276 g/mol. The van der Waals surface area contributed by atoms with Gasteiger partial charge < -0.3 is 10.2 Å². The van der Waals surface area contributed by atoms with Crippen molar-refractivity contribution < 1.29 is 0 Å². The Morgan fingerprint density at radius 3 is 2.65 bits per heavy atom. The quantitative estimate of drug-likeness (QED) is 0.914. The van der Waals surface area contributed by atoms with Gasteiger partial charge in [-0.25, -0.2) is 0 Å². The van der Waals surface area contributed by atoms with Crippen molar-refractivity contribution in [2.24, 2.45) is 0 Å². The number of hydrogen-bond acceptors (Lipinski definition) is 2. The molecule has 0 radical (unpaired) electrons. The predicted molar refractivity (Wildman–Crippen MR) is 77.6 cm³/mol. The smallest absolute Gasteiger partial charge is 0.0377 e. The van der Waals surface area contributed by atoms with Crippen molar-refractivity contribution in [1.29, 1.82) is 0 Å². The van der Waals surface area contributed by atoms with E-state index in [1.54, 1.807) is 0 Å². The number of nitrogens with one attached hydrogen (secondary N) is 1. The zero-order chi connectivity index (χ0) is 12.3. The molecule has 0 aromatic heterocycles. The fraction of sp³-hybridized carbons (Fsp3) is 0.571. The summed E-state index contributed by atoms with van der Waals surface area (Å²) in [4.78, 5) is 2.43. The molecule has 0 unspecified atom stereocenters.